The summed E-state index contributed by atoms with van der Waals surface area (Å²) in [6.07, 6.45) is 2.58. The third-order valence-electron chi connectivity index (χ3n) is 5.37. The zero-order valence-corrected chi connectivity index (χ0v) is 13.4. The SMILES string of the molecule is C[C@H]1CC(=O)[C@]2(O)C3=C(C=C[C@@]2(O)C1)C(=O)c1c(O)cccc1C3=O. The fourth-order valence-corrected chi connectivity index (χ4v) is 4.21. The molecule has 0 saturated heterocycles. The Morgan fingerprint density at radius 3 is 2.56 bits per heavy atom. The molecule has 0 aliphatic heterocycles. The first-order chi connectivity index (χ1) is 11.7. The van der Waals surface area contributed by atoms with Crippen LogP contribution < -0.4 is 0 Å². The van der Waals surface area contributed by atoms with Gasteiger partial charge < -0.3 is 15.3 Å². The first-order valence-electron chi connectivity index (χ1n) is 8.04. The number of benzene rings is 1. The number of aromatic hydroxyl groups is 1. The van der Waals surface area contributed by atoms with E-state index in [9.17, 15) is 29.7 Å². The van der Waals surface area contributed by atoms with Crippen LogP contribution in [0.4, 0.5) is 0 Å². The molecule has 1 aromatic carbocycles. The van der Waals surface area contributed by atoms with E-state index in [2.05, 4.69) is 0 Å². The topological polar surface area (TPSA) is 112 Å². The molecule has 0 amide bonds. The molecule has 25 heavy (non-hydrogen) atoms. The quantitative estimate of drug-likeness (QED) is 0.652. The molecule has 3 N–H and O–H groups in total. The number of rotatable bonds is 0. The minimum absolute atomic E-state index is 0.00219. The second-order valence-electron chi connectivity index (χ2n) is 7.05. The van der Waals surface area contributed by atoms with Crippen molar-refractivity contribution < 1.29 is 29.7 Å². The Hall–Kier alpha value is -2.57. The number of carbonyl (C=O) groups is 3. The van der Waals surface area contributed by atoms with Gasteiger partial charge in [0.15, 0.2) is 23.0 Å². The van der Waals surface area contributed by atoms with Crippen molar-refractivity contribution in [2.75, 3.05) is 0 Å². The first kappa shape index (κ1) is 15.9. The molecule has 0 unspecified atom stereocenters. The number of phenolic OH excluding ortho intramolecular Hbond substituents is 1. The van der Waals surface area contributed by atoms with Crippen LogP contribution in [0.5, 0.6) is 5.75 Å². The molecule has 1 aromatic rings. The van der Waals surface area contributed by atoms with Gasteiger partial charge >= 0.3 is 0 Å². The highest BCUT2D eigenvalue weighted by Crippen LogP contribution is 2.50. The van der Waals surface area contributed by atoms with Crippen molar-refractivity contribution in [2.24, 2.45) is 5.92 Å². The summed E-state index contributed by atoms with van der Waals surface area (Å²) in [6.45, 7) is 1.77. The average molecular weight is 340 g/mol. The summed E-state index contributed by atoms with van der Waals surface area (Å²) in [5.74, 6) is -2.58. The Morgan fingerprint density at radius 1 is 1.12 bits per heavy atom. The summed E-state index contributed by atoms with van der Waals surface area (Å²) in [6, 6.07) is 4.06. The van der Waals surface area contributed by atoms with Gasteiger partial charge in [-0.3, -0.25) is 14.4 Å². The van der Waals surface area contributed by atoms with Crippen LogP contribution >= 0.6 is 0 Å². The van der Waals surface area contributed by atoms with Gasteiger partial charge in [-0.2, -0.15) is 0 Å². The molecule has 3 aliphatic rings. The van der Waals surface area contributed by atoms with Gasteiger partial charge in [0.1, 0.15) is 11.4 Å². The molecule has 0 heterocycles. The third kappa shape index (κ3) is 1.78. The van der Waals surface area contributed by atoms with Crippen LogP contribution in [0, 0.1) is 5.92 Å². The predicted octanol–water partition coefficient (Wildman–Crippen LogP) is 1.10. The van der Waals surface area contributed by atoms with Crippen LogP contribution in [-0.4, -0.2) is 43.9 Å². The van der Waals surface area contributed by atoms with Gasteiger partial charge in [0.25, 0.3) is 0 Å². The van der Waals surface area contributed by atoms with Gasteiger partial charge in [0, 0.05) is 17.6 Å². The molecule has 1 fully saturated rings. The summed E-state index contributed by atoms with van der Waals surface area (Å²) < 4.78 is 0. The van der Waals surface area contributed by atoms with Crippen molar-refractivity contribution in [1.29, 1.82) is 0 Å². The van der Waals surface area contributed by atoms with Crippen LogP contribution in [0.2, 0.25) is 0 Å². The van der Waals surface area contributed by atoms with Crippen molar-refractivity contribution in [1.82, 2.24) is 0 Å². The zero-order valence-electron chi connectivity index (χ0n) is 13.4. The molecule has 128 valence electrons. The molecule has 1 saturated carbocycles. The van der Waals surface area contributed by atoms with Crippen LogP contribution in [0.25, 0.3) is 0 Å². The molecular weight excluding hydrogens is 324 g/mol. The van der Waals surface area contributed by atoms with Crippen molar-refractivity contribution in [3.05, 3.63) is 52.6 Å². The van der Waals surface area contributed by atoms with Crippen LogP contribution in [0.15, 0.2) is 41.5 Å². The van der Waals surface area contributed by atoms with E-state index in [1.54, 1.807) is 6.92 Å². The van der Waals surface area contributed by atoms with Gasteiger partial charge in [-0.25, -0.2) is 0 Å². The molecule has 0 radical (unpaired) electrons. The number of hydrogen-bond acceptors (Lipinski definition) is 6. The number of hydrogen-bond donors (Lipinski definition) is 3. The molecule has 3 atom stereocenters. The molecule has 6 heteroatoms. The number of ketones is 3. The van der Waals surface area contributed by atoms with Gasteiger partial charge in [-0.1, -0.05) is 25.1 Å². The van der Waals surface area contributed by atoms with Crippen LogP contribution in [0.1, 0.15) is 40.5 Å². The maximum Gasteiger partial charge on any atom is 0.198 e. The fraction of sp³-hybridized carbons (Fsp3) is 0.316. The minimum atomic E-state index is -2.46. The van der Waals surface area contributed by atoms with E-state index >= 15 is 0 Å². The highest BCUT2D eigenvalue weighted by molar-refractivity contribution is 6.31. The monoisotopic (exact) mass is 340 g/mol. The smallest absolute Gasteiger partial charge is 0.198 e. The fourth-order valence-electron chi connectivity index (χ4n) is 4.21. The van der Waals surface area contributed by atoms with Crippen molar-refractivity contribution in [3.8, 4) is 5.75 Å². The molecule has 3 aliphatic carbocycles. The Kier molecular flexibility index (Phi) is 3.02. The summed E-state index contributed by atoms with van der Waals surface area (Å²) in [5, 5.41) is 32.1. The molecule has 0 bridgehead atoms. The average Bonchev–Trinajstić information content (AvgIpc) is 2.53. The number of allylic oxidation sites excluding steroid dienone is 2. The zero-order chi connectivity index (χ0) is 18.1. The summed E-state index contributed by atoms with van der Waals surface area (Å²) >= 11 is 0. The van der Waals surface area contributed by atoms with Crippen LogP contribution in [0.3, 0.4) is 0 Å². The highest BCUT2D eigenvalue weighted by Gasteiger charge is 2.63. The lowest BCUT2D eigenvalue weighted by Gasteiger charge is -2.49. The number of Topliss-reactive ketones (excluding diaryl/α,β-unsaturated/α-hetero) is 3. The van der Waals surface area contributed by atoms with Gasteiger partial charge in [0.2, 0.25) is 0 Å². The Morgan fingerprint density at radius 2 is 1.84 bits per heavy atom. The molecule has 0 spiro atoms. The number of phenols is 1. The van der Waals surface area contributed by atoms with E-state index < -0.39 is 34.1 Å². The second-order valence-corrected chi connectivity index (χ2v) is 7.05. The first-order valence-corrected chi connectivity index (χ1v) is 8.04. The normalized spacial score (nSPS) is 33.9. The van der Waals surface area contributed by atoms with E-state index in [-0.39, 0.29) is 41.2 Å². The van der Waals surface area contributed by atoms with E-state index in [0.717, 1.165) is 0 Å². The molecular formula is C19H16O6. The van der Waals surface area contributed by atoms with Gasteiger partial charge in [-0.15, -0.1) is 0 Å². The second kappa shape index (κ2) is 4.74. The standard InChI is InChI=1S/C19H16O6/c1-9-7-13(21)19(25)15-11(5-6-18(19,24)8-9)16(22)14-10(17(15)23)3-2-4-12(14)20/h2-6,9,20,24-25H,7-8H2,1H3/t9-,18+,19-/m0/s1. The lowest BCUT2D eigenvalue weighted by atomic mass is 9.58. The number of carbonyl (C=O) groups excluding carboxylic acids is 3. The van der Waals surface area contributed by atoms with E-state index in [4.69, 9.17) is 0 Å². The summed E-state index contributed by atoms with van der Waals surface area (Å²) in [4.78, 5) is 38.4. The lowest BCUT2D eigenvalue weighted by Crippen LogP contribution is -2.66. The Labute approximate surface area is 143 Å². The van der Waals surface area contributed by atoms with Gasteiger partial charge in [-0.05, 0) is 24.5 Å². The van der Waals surface area contributed by atoms with Crippen molar-refractivity contribution in [3.63, 3.8) is 0 Å². The Balaban J connectivity index is 2.00. The summed E-state index contributed by atoms with van der Waals surface area (Å²) in [7, 11) is 0. The van der Waals surface area contributed by atoms with Crippen molar-refractivity contribution in [2.45, 2.75) is 31.0 Å². The molecule has 0 aromatic heterocycles. The van der Waals surface area contributed by atoms with Crippen molar-refractivity contribution >= 4 is 17.3 Å². The Bertz CT molecular complexity index is 924. The third-order valence-corrected chi connectivity index (χ3v) is 5.37. The largest absolute Gasteiger partial charge is 0.507 e. The van der Waals surface area contributed by atoms with E-state index in [0.29, 0.717) is 0 Å². The summed E-state index contributed by atoms with van der Waals surface area (Å²) in [5.41, 5.74) is -5.18. The maximum absolute atomic E-state index is 13.0. The van der Waals surface area contributed by atoms with Crippen LogP contribution in [-0.2, 0) is 4.79 Å². The predicted molar refractivity (Wildman–Crippen MR) is 86.2 cm³/mol. The molecule has 4 rings (SSSR count). The number of aliphatic hydroxyl groups is 2. The minimum Gasteiger partial charge on any atom is -0.507 e. The van der Waals surface area contributed by atoms with Gasteiger partial charge in [0.05, 0.1) is 11.1 Å². The molecule has 6 nitrogen and oxygen atoms in total. The lowest BCUT2D eigenvalue weighted by molar-refractivity contribution is -0.166. The number of fused-ring (bicyclic) bond motifs is 3. The van der Waals surface area contributed by atoms with E-state index in [1.807, 2.05) is 0 Å². The van der Waals surface area contributed by atoms with E-state index in [1.165, 1.54) is 30.4 Å². The highest BCUT2D eigenvalue weighted by atomic mass is 16.4. The maximum atomic E-state index is 13.0.